The van der Waals surface area contributed by atoms with Crippen molar-refractivity contribution in [3.05, 3.63) is 0 Å². The molecule has 2 heteroatoms. The van der Waals surface area contributed by atoms with Crippen molar-refractivity contribution in [2.75, 3.05) is 6.61 Å². The molecular weight excluding hydrogens is 428 g/mol. The van der Waals surface area contributed by atoms with Crippen molar-refractivity contribution in [2.24, 2.45) is 5.92 Å². The Morgan fingerprint density at radius 2 is 0.829 bits per heavy atom. The van der Waals surface area contributed by atoms with Crippen molar-refractivity contribution in [1.82, 2.24) is 0 Å². The van der Waals surface area contributed by atoms with Gasteiger partial charge in [0.15, 0.2) is 0 Å². The van der Waals surface area contributed by atoms with Gasteiger partial charge < -0.3 is 4.74 Å². The van der Waals surface area contributed by atoms with Crippen LogP contribution in [0.3, 0.4) is 0 Å². The topological polar surface area (TPSA) is 26.3 Å². The lowest BCUT2D eigenvalue weighted by Crippen LogP contribution is -2.05. The Labute approximate surface area is 222 Å². The SMILES string of the molecule is CCCCCCCCCCCCCCOC(=O)CCCCCCCCCCC(C)CCCCCC. The van der Waals surface area contributed by atoms with Crippen molar-refractivity contribution in [3.8, 4) is 0 Å². The lowest BCUT2D eigenvalue weighted by Gasteiger charge is -2.10. The summed E-state index contributed by atoms with van der Waals surface area (Å²) in [6.07, 6.45) is 35.6. The molecule has 0 aromatic rings. The fourth-order valence-corrected chi connectivity index (χ4v) is 5.09. The molecule has 0 bridgehead atoms. The molecule has 1 unspecified atom stereocenters. The summed E-state index contributed by atoms with van der Waals surface area (Å²) in [5, 5.41) is 0. The summed E-state index contributed by atoms with van der Waals surface area (Å²) in [5.41, 5.74) is 0. The number of unbranched alkanes of at least 4 members (excludes halogenated alkanes) is 21. The van der Waals surface area contributed by atoms with Gasteiger partial charge in [-0.15, -0.1) is 0 Å². The Hall–Kier alpha value is -0.530. The smallest absolute Gasteiger partial charge is 0.305 e. The van der Waals surface area contributed by atoms with Gasteiger partial charge in [0.2, 0.25) is 0 Å². The van der Waals surface area contributed by atoms with Crippen LogP contribution in [0.15, 0.2) is 0 Å². The normalized spacial score (nSPS) is 12.2. The van der Waals surface area contributed by atoms with Crippen LogP contribution in [0.4, 0.5) is 0 Å². The molecule has 0 aromatic carbocycles. The molecule has 0 N–H and O–H groups in total. The van der Waals surface area contributed by atoms with Crippen molar-refractivity contribution >= 4 is 5.97 Å². The minimum Gasteiger partial charge on any atom is -0.466 e. The molecular formula is C33H66O2. The summed E-state index contributed by atoms with van der Waals surface area (Å²) in [4.78, 5) is 11.9. The molecule has 2 nitrogen and oxygen atoms in total. The third kappa shape index (κ3) is 29.6. The first-order chi connectivity index (χ1) is 17.2. The molecule has 0 aliphatic carbocycles. The Morgan fingerprint density at radius 1 is 0.486 bits per heavy atom. The van der Waals surface area contributed by atoms with Crippen LogP contribution in [0.5, 0.6) is 0 Å². The van der Waals surface area contributed by atoms with Crippen molar-refractivity contribution in [1.29, 1.82) is 0 Å². The van der Waals surface area contributed by atoms with Crippen LogP contribution in [-0.4, -0.2) is 12.6 Å². The van der Waals surface area contributed by atoms with Gasteiger partial charge in [0.05, 0.1) is 6.61 Å². The minimum atomic E-state index is 0.0249. The van der Waals surface area contributed by atoms with E-state index in [1.807, 2.05) is 0 Å². The third-order valence-corrected chi connectivity index (χ3v) is 7.64. The standard InChI is InChI=1S/C33H66O2/c1-4-6-8-10-11-12-13-14-17-20-23-27-31-35-33(34)30-26-22-19-16-15-18-21-25-29-32(3)28-24-9-7-5-2/h32H,4-31H2,1-3H3. The zero-order chi connectivity index (χ0) is 25.7. The van der Waals surface area contributed by atoms with Crippen molar-refractivity contribution in [2.45, 2.75) is 194 Å². The van der Waals surface area contributed by atoms with Gasteiger partial charge in [0.25, 0.3) is 0 Å². The molecule has 35 heavy (non-hydrogen) atoms. The van der Waals surface area contributed by atoms with Crippen LogP contribution in [0.25, 0.3) is 0 Å². The van der Waals surface area contributed by atoms with Gasteiger partial charge in [0.1, 0.15) is 0 Å². The van der Waals surface area contributed by atoms with Crippen LogP contribution < -0.4 is 0 Å². The van der Waals surface area contributed by atoms with E-state index in [4.69, 9.17) is 4.74 Å². The molecule has 0 saturated carbocycles. The summed E-state index contributed by atoms with van der Waals surface area (Å²) < 4.78 is 5.42. The van der Waals surface area contributed by atoms with Gasteiger partial charge in [-0.05, 0) is 18.8 Å². The molecule has 0 spiro atoms. The molecule has 0 amide bonds. The number of carbonyl (C=O) groups is 1. The van der Waals surface area contributed by atoms with Gasteiger partial charge in [-0.3, -0.25) is 4.79 Å². The molecule has 1 atom stereocenters. The lowest BCUT2D eigenvalue weighted by molar-refractivity contribution is -0.143. The zero-order valence-corrected chi connectivity index (χ0v) is 24.7. The predicted molar refractivity (Wildman–Crippen MR) is 156 cm³/mol. The Kier molecular flexibility index (Phi) is 29.2. The highest BCUT2D eigenvalue weighted by molar-refractivity contribution is 5.69. The van der Waals surface area contributed by atoms with E-state index >= 15 is 0 Å². The number of rotatable bonds is 29. The summed E-state index contributed by atoms with van der Waals surface area (Å²) in [6.45, 7) is 7.64. The average Bonchev–Trinajstić information content (AvgIpc) is 2.85. The van der Waals surface area contributed by atoms with E-state index in [0.717, 1.165) is 18.8 Å². The molecule has 0 aliphatic heterocycles. The largest absolute Gasteiger partial charge is 0.466 e. The highest BCUT2D eigenvalue weighted by Gasteiger charge is 2.04. The molecule has 0 aromatic heterocycles. The van der Waals surface area contributed by atoms with Gasteiger partial charge in [-0.1, -0.05) is 175 Å². The molecule has 0 aliphatic rings. The Bertz CT molecular complexity index is 406. The van der Waals surface area contributed by atoms with Crippen LogP contribution in [0.1, 0.15) is 194 Å². The van der Waals surface area contributed by atoms with E-state index in [1.165, 1.54) is 154 Å². The summed E-state index contributed by atoms with van der Waals surface area (Å²) in [6, 6.07) is 0. The Morgan fingerprint density at radius 3 is 1.29 bits per heavy atom. The van der Waals surface area contributed by atoms with E-state index in [2.05, 4.69) is 20.8 Å². The molecule has 0 radical (unpaired) electrons. The minimum absolute atomic E-state index is 0.0249. The second-order valence-corrected chi connectivity index (χ2v) is 11.4. The molecule has 0 fully saturated rings. The van der Waals surface area contributed by atoms with Crippen LogP contribution in [0, 0.1) is 5.92 Å². The van der Waals surface area contributed by atoms with Crippen LogP contribution in [0.2, 0.25) is 0 Å². The van der Waals surface area contributed by atoms with Crippen LogP contribution in [-0.2, 0) is 9.53 Å². The maximum atomic E-state index is 11.9. The van der Waals surface area contributed by atoms with E-state index in [9.17, 15) is 4.79 Å². The highest BCUT2D eigenvalue weighted by Crippen LogP contribution is 2.18. The first kappa shape index (κ1) is 34.5. The fourth-order valence-electron chi connectivity index (χ4n) is 5.09. The summed E-state index contributed by atoms with van der Waals surface area (Å²) in [7, 11) is 0. The van der Waals surface area contributed by atoms with Gasteiger partial charge in [-0.2, -0.15) is 0 Å². The number of esters is 1. The lowest BCUT2D eigenvalue weighted by atomic mass is 9.96. The van der Waals surface area contributed by atoms with E-state index in [1.54, 1.807) is 0 Å². The summed E-state index contributed by atoms with van der Waals surface area (Å²) >= 11 is 0. The van der Waals surface area contributed by atoms with E-state index in [0.29, 0.717) is 13.0 Å². The number of carbonyl (C=O) groups excluding carboxylic acids is 1. The first-order valence-electron chi connectivity index (χ1n) is 16.4. The first-order valence-corrected chi connectivity index (χ1v) is 16.4. The number of hydrogen-bond acceptors (Lipinski definition) is 2. The predicted octanol–water partition coefficient (Wildman–Crippen LogP) is 11.7. The molecule has 0 rings (SSSR count). The number of hydrogen-bond donors (Lipinski definition) is 0. The van der Waals surface area contributed by atoms with Crippen molar-refractivity contribution in [3.63, 3.8) is 0 Å². The zero-order valence-electron chi connectivity index (χ0n) is 24.7. The summed E-state index contributed by atoms with van der Waals surface area (Å²) in [5.74, 6) is 0.947. The van der Waals surface area contributed by atoms with Gasteiger partial charge >= 0.3 is 5.97 Å². The fraction of sp³-hybridized carbons (Fsp3) is 0.970. The van der Waals surface area contributed by atoms with Crippen LogP contribution >= 0.6 is 0 Å². The van der Waals surface area contributed by atoms with Gasteiger partial charge in [-0.25, -0.2) is 0 Å². The Balaban J connectivity index is 3.21. The quantitative estimate of drug-likeness (QED) is 0.0763. The van der Waals surface area contributed by atoms with Crippen molar-refractivity contribution < 1.29 is 9.53 Å². The average molecular weight is 495 g/mol. The highest BCUT2D eigenvalue weighted by atomic mass is 16.5. The van der Waals surface area contributed by atoms with Gasteiger partial charge in [0, 0.05) is 6.42 Å². The van der Waals surface area contributed by atoms with E-state index < -0.39 is 0 Å². The van der Waals surface area contributed by atoms with E-state index in [-0.39, 0.29) is 5.97 Å². The monoisotopic (exact) mass is 495 g/mol. The molecule has 210 valence electrons. The third-order valence-electron chi connectivity index (χ3n) is 7.64. The molecule has 0 heterocycles. The maximum Gasteiger partial charge on any atom is 0.305 e. The molecule has 0 saturated heterocycles. The number of ether oxygens (including phenoxy) is 1. The second-order valence-electron chi connectivity index (χ2n) is 11.4. The maximum absolute atomic E-state index is 11.9. The second kappa shape index (κ2) is 29.7.